The molecular weight excluding hydrogens is 474 g/mol. The minimum atomic E-state index is -3.35. The van der Waals surface area contributed by atoms with Crippen LogP contribution in [0.4, 0.5) is 11.4 Å². The van der Waals surface area contributed by atoms with Crippen molar-refractivity contribution < 1.29 is 13.2 Å². The molecule has 2 N–H and O–H groups in total. The van der Waals surface area contributed by atoms with Crippen LogP contribution < -0.4 is 10.0 Å². The lowest BCUT2D eigenvalue weighted by atomic mass is 10.2. The van der Waals surface area contributed by atoms with Gasteiger partial charge in [0.2, 0.25) is 15.9 Å². The summed E-state index contributed by atoms with van der Waals surface area (Å²) < 4.78 is 26.4. The van der Waals surface area contributed by atoms with Gasteiger partial charge < -0.3 is 5.32 Å². The highest BCUT2D eigenvalue weighted by Crippen LogP contribution is 2.36. The fourth-order valence-corrected chi connectivity index (χ4v) is 6.27. The van der Waals surface area contributed by atoms with E-state index in [0.717, 1.165) is 26.0 Å². The van der Waals surface area contributed by atoms with Crippen LogP contribution in [-0.4, -0.2) is 25.1 Å². The monoisotopic (exact) mass is 497 g/mol. The van der Waals surface area contributed by atoms with Gasteiger partial charge in [0.05, 0.1) is 22.7 Å². The number of thiophene rings is 1. The first-order chi connectivity index (χ1) is 15.9. The standard InChI is InChI=1S/C24H23N3O3S3/c1-2-15-33(29,30)27-19-12-10-18(11-13-19)25-22(28)16-21-23(20-9-6-14-31-20)26-24(32-21)17-7-4-3-5-8-17/h3-14,27H,2,15-16H2,1H3,(H,25,28). The molecule has 2 aromatic carbocycles. The van der Waals surface area contributed by atoms with Gasteiger partial charge in [0.25, 0.3) is 0 Å². The van der Waals surface area contributed by atoms with Gasteiger partial charge in [0.1, 0.15) is 5.01 Å². The first kappa shape index (κ1) is 23.2. The lowest BCUT2D eigenvalue weighted by Gasteiger charge is -2.09. The molecule has 0 radical (unpaired) electrons. The van der Waals surface area contributed by atoms with Gasteiger partial charge in [-0.15, -0.1) is 22.7 Å². The van der Waals surface area contributed by atoms with E-state index >= 15 is 0 Å². The van der Waals surface area contributed by atoms with Gasteiger partial charge in [-0.05, 0) is 42.1 Å². The van der Waals surface area contributed by atoms with Crippen LogP contribution in [0.25, 0.3) is 21.1 Å². The number of amides is 1. The number of rotatable bonds is 9. The number of carbonyl (C=O) groups is 1. The summed E-state index contributed by atoms with van der Waals surface area (Å²) in [6.45, 7) is 1.81. The Labute approximate surface area is 201 Å². The van der Waals surface area contributed by atoms with Crippen molar-refractivity contribution in [3.8, 4) is 21.1 Å². The van der Waals surface area contributed by atoms with E-state index in [1.807, 2.05) is 54.8 Å². The molecule has 9 heteroatoms. The molecule has 0 saturated heterocycles. The first-order valence-corrected chi connectivity index (χ1v) is 13.8. The Morgan fingerprint density at radius 2 is 1.70 bits per heavy atom. The molecule has 0 aliphatic carbocycles. The second-order valence-corrected chi connectivity index (χ2v) is 11.2. The van der Waals surface area contributed by atoms with E-state index in [2.05, 4.69) is 10.0 Å². The molecular formula is C24H23N3O3S3. The Bertz CT molecular complexity index is 1310. The Balaban J connectivity index is 1.49. The van der Waals surface area contributed by atoms with E-state index in [0.29, 0.717) is 17.8 Å². The molecule has 0 aliphatic rings. The molecule has 4 rings (SSSR count). The number of nitrogens with one attached hydrogen (secondary N) is 2. The Morgan fingerprint density at radius 3 is 2.36 bits per heavy atom. The minimum absolute atomic E-state index is 0.0673. The highest BCUT2D eigenvalue weighted by molar-refractivity contribution is 7.92. The summed E-state index contributed by atoms with van der Waals surface area (Å²) in [6.07, 6.45) is 0.739. The summed E-state index contributed by atoms with van der Waals surface area (Å²) in [6, 6.07) is 20.6. The van der Waals surface area contributed by atoms with Crippen molar-refractivity contribution in [2.45, 2.75) is 19.8 Å². The molecule has 1 amide bonds. The van der Waals surface area contributed by atoms with Crippen molar-refractivity contribution in [2.24, 2.45) is 0 Å². The Kier molecular flexibility index (Phi) is 7.22. The molecule has 0 spiro atoms. The number of anilines is 2. The summed E-state index contributed by atoms with van der Waals surface area (Å²) in [7, 11) is -3.35. The smallest absolute Gasteiger partial charge is 0.232 e. The van der Waals surface area contributed by atoms with Crippen LogP contribution in [0.15, 0.2) is 72.1 Å². The van der Waals surface area contributed by atoms with Crippen molar-refractivity contribution >= 4 is 50.0 Å². The van der Waals surface area contributed by atoms with Crippen LogP contribution in [0.2, 0.25) is 0 Å². The molecule has 2 heterocycles. The molecule has 6 nitrogen and oxygen atoms in total. The molecule has 0 fully saturated rings. The molecule has 0 bridgehead atoms. The van der Waals surface area contributed by atoms with Crippen LogP contribution in [0, 0.1) is 0 Å². The van der Waals surface area contributed by atoms with Gasteiger partial charge in [0.15, 0.2) is 0 Å². The summed E-state index contributed by atoms with van der Waals surface area (Å²) in [5.41, 5.74) is 2.93. The highest BCUT2D eigenvalue weighted by Gasteiger charge is 2.18. The van der Waals surface area contributed by atoms with E-state index in [1.54, 1.807) is 35.6 Å². The summed E-state index contributed by atoms with van der Waals surface area (Å²) in [4.78, 5) is 19.6. The molecule has 4 aromatic rings. The van der Waals surface area contributed by atoms with Crippen LogP contribution in [0.1, 0.15) is 18.2 Å². The van der Waals surface area contributed by atoms with Gasteiger partial charge in [-0.1, -0.05) is 43.3 Å². The molecule has 0 atom stereocenters. The number of thiazole rings is 1. The second-order valence-electron chi connectivity index (χ2n) is 7.36. The van der Waals surface area contributed by atoms with Crippen LogP contribution in [-0.2, 0) is 21.2 Å². The first-order valence-electron chi connectivity index (χ1n) is 10.4. The number of hydrogen-bond donors (Lipinski definition) is 2. The topological polar surface area (TPSA) is 88.2 Å². The van der Waals surface area contributed by atoms with Gasteiger partial charge >= 0.3 is 0 Å². The summed E-state index contributed by atoms with van der Waals surface area (Å²) in [5, 5.41) is 5.77. The number of carbonyl (C=O) groups excluding carboxylic acids is 1. The average Bonchev–Trinajstić information content (AvgIpc) is 3.45. The quantitative estimate of drug-likeness (QED) is 0.303. The normalized spacial score (nSPS) is 11.3. The lowest BCUT2D eigenvalue weighted by Crippen LogP contribution is -2.16. The molecule has 2 aromatic heterocycles. The molecule has 170 valence electrons. The van der Waals surface area contributed by atoms with Gasteiger partial charge in [-0.3, -0.25) is 9.52 Å². The molecule has 33 heavy (non-hydrogen) atoms. The van der Waals surface area contributed by atoms with E-state index in [1.165, 1.54) is 11.3 Å². The molecule has 0 saturated carbocycles. The number of hydrogen-bond acceptors (Lipinski definition) is 6. The van der Waals surface area contributed by atoms with Crippen molar-refractivity contribution in [2.75, 3.05) is 15.8 Å². The fraction of sp³-hybridized carbons (Fsp3) is 0.167. The lowest BCUT2D eigenvalue weighted by molar-refractivity contribution is -0.115. The average molecular weight is 498 g/mol. The number of benzene rings is 2. The van der Waals surface area contributed by atoms with E-state index < -0.39 is 10.0 Å². The fourth-order valence-electron chi connectivity index (χ4n) is 3.25. The SMILES string of the molecule is CCCS(=O)(=O)Nc1ccc(NC(=O)Cc2sc(-c3ccccc3)nc2-c2cccs2)cc1. The van der Waals surface area contributed by atoms with Gasteiger partial charge in [-0.2, -0.15) is 0 Å². The number of nitrogens with zero attached hydrogens (tertiary/aromatic N) is 1. The second kappa shape index (κ2) is 10.3. The van der Waals surface area contributed by atoms with E-state index in [-0.39, 0.29) is 18.1 Å². The highest BCUT2D eigenvalue weighted by atomic mass is 32.2. The molecule has 0 unspecified atom stereocenters. The number of sulfonamides is 1. The van der Waals surface area contributed by atoms with E-state index in [9.17, 15) is 13.2 Å². The zero-order valence-electron chi connectivity index (χ0n) is 17.9. The van der Waals surface area contributed by atoms with Crippen LogP contribution in [0.5, 0.6) is 0 Å². The Morgan fingerprint density at radius 1 is 0.970 bits per heavy atom. The van der Waals surface area contributed by atoms with Gasteiger partial charge in [0, 0.05) is 21.8 Å². The predicted octanol–water partition coefficient (Wildman–Crippen LogP) is 5.87. The maximum Gasteiger partial charge on any atom is 0.232 e. The van der Waals surface area contributed by atoms with Crippen LogP contribution >= 0.6 is 22.7 Å². The van der Waals surface area contributed by atoms with Crippen LogP contribution in [0.3, 0.4) is 0 Å². The predicted molar refractivity (Wildman–Crippen MR) is 137 cm³/mol. The third kappa shape index (κ3) is 6.07. The minimum Gasteiger partial charge on any atom is -0.326 e. The zero-order chi connectivity index (χ0) is 23.3. The summed E-state index contributed by atoms with van der Waals surface area (Å²) in [5.74, 6) is -0.0897. The third-order valence-electron chi connectivity index (χ3n) is 4.71. The van der Waals surface area contributed by atoms with Crippen molar-refractivity contribution in [3.63, 3.8) is 0 Å². The van der Waals surface area contributed by atoms with Crippen molar-refractivity contribution in [1.29, 1.82) is 0 Å². The number of aromatic nitrogens is 1. The maximum atomic E-state index is 12.8. The third-order valence-corrected chi connectivity index (χ3v) is 8.18. The van der Waals surface area contributed by atoms with Gasteiger partial charge in [-0.25, -0.2) is 13.4 Å². The largest absolute Gasteiger partial charge is 0.326 e. The van der Waals surface area contributed by atoms with Crippen molar-refractivity contribution in [1.82, 2.24) is 4.98 Å². The maximum absolute atomic E-state index is 12.8. The van der Waals surface area contributed by atoms with Crippen molar-refractivity contribution in [3.05, 3.63) is 77.0 Å². The molecule has 0 aliphatic heterocycles. The Hall–Kier alpha value is -3.01. The van der Waals surface area contributed by atoms with E-state index in [4.69, 9.17) is 4.98 Å². The summed E-state index contributed by atoms with van der Waals surface area (Å²) >= 11 is 3.12. The zero-order valence-corrected chi connectivity index (χ0v) is 20.4.